The summed E-state index contributed by atoms with van der Waals surface area (Å²) in [5.41, 5.74) is 3.05. The van der Waals surface area contributed by atoms with Crippen LogP contribution in [-0.4, -0.2) is 51.6 Å². The highest BCUT2D eigenvalue weighted by molar-refractivity contribution is 7.99. The van der Waals surface area contributed by atoms with E-state index in [1.165, 1.54) is 0 Å². The second-order valence-corrected chi connectivity index (χ2v) is 9.35. The van der Waals surface area contributed by atoms with Crippen molar-refractivity contribution < 1.29 is 14.3 Å². The van der Waals surface area contributed by atoms with Crippen molar-refractivity contribution in [2.24, 2.45) is 0 Å². The zero-order valence-electron chi connectivity index (χ0n) is 17.9. The van der Waals surface area contributed by atoms with Crippen LogP contribution in [0, 0.1) is 13.8 Å². The largest absolute Gasteiger partial charge is 0.497 e. The van der Waals surface area contributed by atoms with Gasteiger partial charge in [0.25, 0.3) is 5.91 Å². The van der Waals surface area contributed by atoms with E-state index in [9.17, 15) is 9.59 Å². The number of benzene rings is 1. The Balaban J connectivity index is 1.91. The van der Waals surface area contributed by atoms with Crippen molar-refractivity contribution in [2.75, 3.05) is 18.7 Å². The van der Waals surface area contributed by atoms with Gasteiger partial charge in [0, 0.05) is 34.4 Å². The van der Waals surface area contributed by atoms with Gasteiger partial charge in [-0.05, 0) is 52.8 Å². The summed E-state index contributed by atoms with van der Waals surface area (Å²) in [5, 5.41) is 3.00. The van der Waals surface area contributed by atoms with Crippen molar-refractivity contribution in [1.82, 2.24) is 14.8 Å². The van der Waals surface area contributed by atoms with Crippen LogP contribution >= 0.6 is 11.8 Å². The van der Waals surface area contributed by atoms with Gasteiger partial charge in [0.1, 0.15) is 11.8 Å². The Kier molecular flexibility index (Phi) is 5.98. The van der Waals surface area contributed by atoms with E-state index in [1.807, 2.05) is 69.5 Å². The Hall–Kier alpha value is -2.41. The van der Waals surface area contributed by atoms with Crippen LogP contribution in [-0.2, 0) is 4.79 Å². The number of hydrogen-bond donors (Lipinski definition) is 1. The SMILES string of the molecule is COc1cccc(-n2c(C)cc(C(=O)N3CSCC3C(=O)NC(C)(C)C)c2C)c1. The van der Waals surface area contributed by atoms with Crippen LogP contribution in [0.4, 0.5) is 0 Å². The number of nitrogens with one attached hydrogen (secondary N) is 1. The lowest BCUT2D eigenvalue weighted by molar-refractivity contribution is -0.125. The molecule has 0 aliphatic carbocycles. The molecule has 2 aromatic rings. The van der Waals surface area contributed by atoms with E-state index in [0.29, 0.717) is 17.2 Å². The highest BCUT2D eigenvalue weighted by Crippen LogP contribution is 2.28. The molecular weight excluding hydrogens is 386 g/mol. The number of aromatic nitrogens is 1. The fraction of sp³-hybridized carbons (Fsp3) is 0.455. The number of rotatable bonds is 4. The summed E-state index contributed by atoms with van der Waals surface area (Å²) < 4.78 is 7.38. The van der Waals surface area contributed by atoms with Crippen molar-refractivity contribution in [2.45, 2.75) is 46.2 Å². The maximum Gasteiger partial charge on any atom is 0.257 e. The van der Waals surface area contributed by atoms with Crippen LogP contribution in [0.1, 0.15) is 42.5 Å². The molecule has 1 N–H and O–H groups in total. The molecule has 1 atom stereocenters. The third kappa shape index (κ3) is 4.45. The molecular formula is C22H29N3O3S. The summed E-state index contributed by atoms with van der Waals surface area (Å²) in [4.78, 5) is 27.8. The van der Waals surface area contributed by atoms with Crippen LogP contribution < -0.4 is 10.1 Å². The third-order valence-electron chi connectivity index (χ3n) is 4.92. The zero-order valence-corrected chi connectivity index (χ0v) is 18.7. The van der Waals surface area contributed by atoms with E-state index < -0.39 is 6.04 Å². The Bertz CT molecular complexity index is 930. The lowest BCUT2D eigenvalue weighted by Crippen LogP contribution is -2.52. The van der Waals surface area contributed by atoms with Gasteiger partial charge in [-0.3, -0.25) is 9.59 Å². The van der Waals surface area contributed by atoms with Gasteiger partial charge >= 0.3 is 0 Å². The predicted octanol–water partition coefficient (Wildman–Crippen LogP) is 3.53. The summed E-state index contributed by atoms with van der Waals surface area (Å²) in [6.45, 7) is 9.75. The van der Waals surface area contributed by atoms with Crippen molar-refractivity contribution in [3.8, 4) is 11.4 Å². The molecule has 0 spiro atoms. The van der Waals surface area contributed by atoms with Gasteiger partial charge < -0.3 is 19.5 Å². The van der Waals surface area contributed by atoms with Crippen molar-refractivity contribution in [3.05, 3.63) is 47.3 Å². The fourth-order valence-corrected chi connectivity index (χ4v) is 4.75. The van der Waals surface area contributed by atoms with Gasteiger partial charge in [0.15, 0.2) is 0 Å². The molecule has 0 bridgehead atoms. The first kappa shape index (κ1) is 21.3. The quantitative estimate of drug-likeness (QED) is 0.830. The second-order valence-electron chi connectivity index (χ2n) is 8.35. The van der Waals surface area contributed by atoms with Crippen LogP contribution in [0.25, 0.3) is 5.69 Å². The molecule has 2 heterocycles. The van der Waals surface area contributed by atoms with Gasteiger partial charge in [0.05, 0.1) is 18.6 Å². The van der Waals surface area contributed by atoms with Gasteiger partial charge in [-0.25, -0.2) is 0 Å². The average molecular weight is 416 g/mol. The minimum absolute atomic E-state index is 0.0996. The highest BCUT2D eigenvalue weighted by atomic mass is 32.2. The molecule has 156 valence electrons. The number of aryl methyl sites for hydroxylation is 1. The molecule has 1 aromatic heterocycles. The molecule has 1 aliphatic rings. The molecule has 3 rings (SSSR count). The first-order chi connectivity index (χ1) is 13.6. The topological polar surface area (TPSA) is 63.6 Å². The van der Waals surface area contributed by atoms with Crippen LogP contribution in [0.2, 0.25) is 0 Å². The summed E-state index contributed by atoms with van der Waals surface area (Å²) in [5.74, 6) is 1.69. The lowest BCUT2D eigenvalue weighted by Gasteiger charge is -2.27. The van der Waals surface area contributed by atoms with Crippen molar-refractivity contribution >= 4 is 23.6 Å². The van der Waals surface area contributed by atoms with Crippen LogP contribution in [0.5, 0.6) is 5.75 Å². The summed E-state index contributed by atoms with van der Waals surface area (Å²) in [6.07, 6.45) is 0. The molecule has 0 radical (unpaired) electrons. The van der Waals surface area contributed by atoms with Gasteiger partial charge in [-0.1, -0.05) is 6.07 Å². The molecule has 2 amide bonds. The number of thioether (sulfide) groups is 1. The summed E-state index contributed by atoms with van der Waals surface area (Å²) >= 11 is 1.61. The summed E-state index contributed by atoms with van der Waals surface area (Å²) in [6, 6.07) is 9.20. The van der Waals surface area contributed by atoms with Gasteiger partial charge in [-0.15, -0.1) is 11.8 Å². The number of hydrogen-bond acceptors (Lipinski definition) is 4. The number of carbonyl (C=O) groups is 2. The van der Waals surface area contributed by atoms with Gasteiger partial charge in [-0.2, -0.15) is 0 Å². The molecule has 0 saturated carbocycles. The van der Waals surface area contributed by atoms with E-state index in [2.05, 4.69) is 5.32 Å². The molecule has 1 fully saturated rings. The summed E-state index contributed by atoms with van der Waals surface area (Å²) in [7, 11) is 1.64. The Morgan fingerprint density at radius 2 is 1.93 bits per heavy atom. The Morgan fingerprint density at radius 1 is 1.21 bits per heavy atom. The minimum Gasteiger partial charge on any atom is -0.497 e. The molecule has 7 heteroatoms. The molecule has 29 heavy (non-hydrogen) atoms. The molecule has 6 nitrogen and oxygen atoms in total. The first-order valence-corrected chi connectivity index (χ1v) is 10.8. The predicted molar refractivity (Wildman–Crippen MR) is 117 cm³/mol. The Morgan fingerprint density at radius 3 is 2.59 bits per heavy atom. The highest BCUT2D eigenvalue weighted by Gasteiger charge is 2.37. The Labute approximate surface area is 176 Å². The van der Waals surface area contributed by atoms with Crippen LogP contribution in [0.3, 0.4) is 0 Å². The third-order valence-corrected chi connectivity index (χ3v) is 5.93. The smallest absolute Gasteiger partial charge is 0.257 e. The van der Waals surface area contributed by atoms with Crippen molar-refractivity contribution in [3.63, 3.8) is 0 Å². The van der Waals surface area contributed by atoms with E-state index in [0.717, 1.165) is 22.8 Å². The maximum absolute atomic E-state index is 13.4. The number of nitrogens with zero attached hydrogens (tertiary/aromatic N) is 2. The van der Waals surface area contributed by atoms with E-state index in [4.69, 9.17) is 4.74 Å². The van der Waals surface area contributed by atoms with Crippen LogP contribution in [0.15, 0.2) is 30.3 Å². The number of amides is 2. The second kappa shape index (κ2) is 8.14. The monoisotopic (exact) mass is 415 g/mol. The number of carbonyl (C=O) groups excluding carboxylic acids is 2. The van der Waals surface area contributed by atoms with Crippen molar-refractivity contribution in [1.29, 1.82) is 0 Å². The molecule has 1 aliphatic heterocycles. The molecule has 1 unspecified atom stereocenters. The minimum atomic E-state index is -0.452. The standard InChI is InChI=1S/C22H29N3O3S/c1-14-10-18(15(2)25(14)16-8-7-9-17(11-16)28-6)21(27)24-13-29-12-19(24)20(26)23-22(3,4)5/h7-11,19H,12-13H2,1-6H3,(H,23,26). The van der Waals surface area contributed by atoms with E-state index >= 15 is 0 Å². The van der Waals surface area contributed by atoms with E-state index in [1.54, 1.807) is 23.8 Å². The van der Waals surface area contributed by atoms with E-state index in [-0.39, 0.29) is 17.4 Å². The fourth-order valence-electron chi connectivity index (χ4n) is 3.59. The maximum atomic E-state index is 13.4. The number of methoxy groups -OCH3 is 1. The average Bonchev–Trinajstić information content (AvgIpc) is 3.24. The van der Waals surface area contributed by atoms with Gasteiger partial charge in [0.2, 0.25) is 5.91 Å². The lowest BCUT2D eigenvalue weighted by atomic mass is 10.1. The normalized spacial score (nSPS) is 16.8. The molecule has 1 aromatic carbocycles. The number of ether oxygens (including phenoxy) is 1. The molecule has 1 saturated heterocycles. The first-order valence-electron chi connectivity index (χ1n) is 9.66. The zero-order chi connectivity index (χ0) is 21.3.